The molecule has 1 amide bonds. The van der Waals surface area contributed by atoms with E-state index >= 15 is 0 Å². The van der Waals surface area contributed by atoms with E-state index in [1.54, 1.807) is 0 Å². The van der Waals surface area contributed by atoms with Crippen LogP contribution in [0.4, 0.5) is 11.4 Å². The number of aryl methyl sites for hydroxylation is 4. The molecule has 5 nitrogen and oxygen atoms in total. The molecule has 0 saturated carbocycles. The number of hydrogen-bond donors (Lipinski definition) is 1. The summed E-state index contributed by atoms with van der Waals surface area (Å²) < 4.78 is 2.17. The predicted molar refractivity (Wildman–Crippen MR) is 139 cm³/mol. The fraction of sp³-hybridized carbons (Fsp3) is 0.310. The number of nitrogens with one attached hydrogen (secondary N) is 1. The fourth-order valence-corrected chi connectivity index (χ4v) is 5.76. The molecule has 1 aromatic heterocycles. The van der Waals surface area contributed by atoms with Gasteiger partial charge in [-0.2, -0.15) is 0 Å². The van der Waals surface area contributed by atoms with Crippen LogP contribution in [0.25, 0.3) is 22.4 Å². The molecule has 1 spiro atoms. The van der Waals surface area contributed by atoms with E-state index in [0.29, 0.717) is 6.54 Å². The molecule has 0 saturated heterocycles. The van der Waals surface area contributed by atoms with Gasteiger partial charge in [0.1, 0.15) is 5.82 Å². The SMILES string of the molecule is CCCCN1C(=O)C2(Nc3ccccc3-c3nc4cc(C)c(C)cc4n32)c2cc(C)cc(C)c21. The third-order valence-electron chi connectivity index (χ3n) is 7.48. The van der Waals surface area contributed by atoms with Gasteiger partial charge in [0.05, 0.1) is 16.7 Å². The third-order valence-corrected chi connectivity index (χ3v) is 7.48. The van der Waals surface area contributed by atoms with Crippen molar-refractivity contribution in [1.82, 2.24) is 9.55 Å². The second-order valence-electron chi connectivity index (χ2n) is 9.87. The van der Waals surface area contributed by atoms with Gasteiger partial charge in [-0.3, -0.25) is 9.36 Å². The van der Waals surface area contributed by atoms with Crippen LogP contribution < -0.4 is 10.2 Å². The van der Waals surface area contributed by atoms with Crippen LogP contribution in [-0.4, -0.2) is 22.0 Å². The van der Waals surface area contributed by atoms with Crippen molar-refractivity contribution in [3.05, 3.63) is 76.3 Å². The molecule has 3 aromatic carbocycles. The lowest BCUT2D eigenvalue weighted by Gasteiger charge is -2.38. The Morgan fingerprint density at radius 2 is 1.74 bits per heavy atom. The zero-order valence-electron chi connectivity index (χ0n) is 20.5. The average Bonchev–Trinajstić information content (AvgIpc) is 3.28. The standard InChI is InChI=1S/C29H30N4O/c1-6-7-12-32-26-20(5)13-17(2)14-22(26)29(28(32)34)31-23-11-9-8-10-21(23)27-30-24-15-18(3)19(4)16-25(24)33(27)29/h8-11,13-16,31H,6-7,12H2,1-5H3. The van der Waals surface area contributed by atoms with Crippen LogP contribution in [0.15, 0.2) is 48.5 Å². The number of rotatable bonds is 3. The Morgan fingerprint density at radius 3 is 2.53 bits per heavy atom. The van der Waals surface area contributed by atoms with Crippen LogP contribution in [0.3, 0.4) is 0 Å². The van der Waals surface area contributed by atoms with Gasteiger partial charge in [-0.25, -0.2) is 4.98 Å². The minimum absolute atomic E-state index is 0.0675. The summed E-state index contributed by atoms with van der Waals surface area (Å²) >= 11 is 0. The molecule has 0 fully saturated rings. The minimum Gasteiger partial charge on any atom is -0.350 e. The van der Waals surface area contributed by atoms with E-state index in [1.807, 2.05) is 17.0 Å². The van der Waals surface area contributed by atoms with E-state index in [9.17, 15) is 4.79 Å². The quantitative estimate of drug-likeness (QED) is 0.404. The van der Waals surface area contributed by atoms with E-state index in [0.717, 1.165) is 63.3 Å². The summed E-state index contributed by atoms with van der Waals surface area (Å²) in [4.78, 5) is 21.7. The molecule has 34 heavy (non-hydrogen) atoms. The number of carbonyl (C=O) groups is 1. The second kappa shape index (κ2) is 7.20. The number of anilines is 2. The van der Waals surface area contributed by atoms with Gasteiger partial charge in [0.15, 0.2) is 0 Å². The first kappa shape index (κ1) is 21.0. The lowest BCUT2D eigenvalue weighted by atomic mass is 9.92. The Hall–Kier alpha value is -3.60. The van der Waals surface area contributed by atoms with Crippen molar-refractivity contribution in [1.29, 1.82) is 0 Å². The van der Waals surface area contributed by atoms with Gasteiger partial charge in [0, 0.05) is 23.4 Å². The zero-order valence-corrected chi connectivity index (χ0v) is 20.5. The summed E-state index contributed by atoms with van der Waals surface area (Å²) in [5.41, 5.74) is 9.52. The number of carbonyl (C=O) groups excluding carboxylic acids is 1. The van der Waals surface area contributed by atoms with Crippen molar-refractivity contribution in [3.63, 3.8) is 0 Å². The number of fused-ring (bicyclic) bond motifs is 8. The molecule has 3 heterocycles. The van der Waals surface area contributed by atoms with Crippen molar-refractivity contribution in [2.45, 2.75) is 53.1 Å². The molecule has 6 rings (SSSR count). The molecule has 0 aliphatic carbocycles. The number of amides is 1. The number of imidazole rings is 1. The molecule has 4 aromatic rings. The van der Waals surface area contributed by atoms with E-state index in [-0.39, 0.29) is 5.91 Å². The molecule has 1 N–H and O–H groups in total. The maximum absolute atomic E-state index is 14.6. The number of hydrogen-bond acceptors (Lipinski definition) is 3. The van der Waals surface area contributed by atoms with E-state index in [4.69, 9.17) is 4.98 Å². The molecule has 2 aliphatic heterocycles. The largest absolute Gasteiger partial charge is 0.350 e. The molecular formula is C29H30N4O. The van der Waals surface area contributed by atoms with Gasteiger partial charge < -0.3 is 10.2 Å². The highest BCUT2D eigenvalue weighted by atomic mass is 16.2. The van der Waals surface area contributed by atoms with Gasteiger partial charge in [-0.15, -0.1) is 0 Å². The number of nitrogens with zero attached hydrogens (tertiary/aromatic N) is 3. The van der Waals surface area contributed by atoms with Crippen LogP contribution in [0.1, 0.15) is 47.6 Å². The zero-order chi connectivity index (χ0) is 23.8. The molecule has 0 bridgehead atoms. The first-order valence-corrected chi connectivity index (χ1v) is 12.2. The lowest BCUT2D eigenvalue weighted by Crippen LogP contribution is -2.53. The van der Waals surface area contributed by atoms with Gasteiger partial charge >= 0.3 is 0 Å². The van der Waals surface area contributed by atoms with Crippen LogP contribution in [0.5, 0.6) is 0 Å². The topological polar surface area (TPSA) is 50.2 Å². The summed E-state index contributed by atoms with van der Waals surface area (Å²) in [5.74, 6) is 0.906. The molecule has 172 valence electrons. The average molecular weight is 451 g/mol. The Kier molecular flexibility index (Phi) is 4.44. The maximum atomic E-state index is 14.6. The van der Waals surface area contributed by atoms with E-state index in [2.05, 4.69) is 80.9 Å². The molecule has 1 unspecified atom stereocenters. The highest BCUT2D eigenvalue weighted by Crippen LogP contribution is 2.52. The summed E-state index contributed by atoms with van der Waals surface area (Å²) in [5, 5.41) is 3.74. The normalized spacial score (nSPS) is 18.3. The smallest absolute Gasteiger partial charge is 0.279 e. The summed E-state index contributed by atoms with van der Waals surface area (Å²) in [6, 6.07) is 16.9. The Labute approximate surface area is 200 Å². The minimum atomic E-state index is -1.07. The number of para-hydroxylation sites is 1. The van der Waals surface area contributed by atoms with Crippen LogP contribution in [-0.2, 0) is 10.5 Å². The predicted octanol–water partition coefficient (Wildman–Crippen LogP) is 6.21. The van der Waals surface area contributed by atoms with Crippen LogP contribution in [0, 0.1) is 27.7 Å². The molecule has 5 heteroatoms. The Morgan fingerprint density at radius 1 is 0.971 bits per heavy atom. The van der Waals surface area contributed by atoms with E-state index < -0.39 is 5.66 Å². The highest BCUT2D eigenvalue weighted by Gasteiger charge is 2.56. The molecule has 0 radical (unpaired) electrons. The Balaban J connectivity index is 1.75. The van der Waals surface area contributed by atoms with Gasteiger partial charge in [-0.1, -0.05) is 37.1 Å². The number of aromatic nitrogens is 2. The van der Waals surface area contributed by atoms with Crippen molar-refractivity contribution < 1.29 is 4.79 Å². The first-order chi connectivity index (χ1) is 16.4. The Bertz CT molecular complexity index is 1500. The van der Waals surface area contributed by atoms with Gasteiger partial charge in [0.2, 0.25) is 5.66 Å². The summed E-state index contributed by atoms with van der Waals surface area (Å²) in [7, 11) is 0. The summed E-state index contributed by atoms with van der Waals surface area (Å²) in [6.45, 7) is 11.3. The van der Waals surface area contributed by atoms with Crippen molar-refractivity contribution >= 4 is 28.3 Å². The van der Waals surface area contributed by atoms with Crippen molar-refractivity contribution in [2.24, 2.45) is 0 Å². The highest BCUT2D eigenvalue weighted by molar-refractivity contribution is 6.12. The molecule has 1 atom stereocenters. The lowest BCUT2D eigenvalue weighted by molar-refractivity contribution is -0.123. The van der Waals surface area contributed by atoms with Gasteiger partial charge in [-0.05, 0) is 81.1 Å². The van der Waals surface area contributed by atoms with Crippen LogP contribution >= 0.6 is 0 Å². The number of benzene rings is 3. The van der Waals surface area contributed by atoms with Crippen molar-refractivity contribution in [2.75, 3.05) is 16.8 Å². The number of unbranched alkanes of at least 4 members (excludes halogenated alkanes) is 1. The maximum Gasteiger partial charge on any atom is 0.279 e. The molecular weight excluding hydrogens is 420 g/mol. The monoisotopic (exact) mass is 450 g/mol. The van der Waals surface area contributed by atoms with Gasteiger partial charge in [0.25, 0.3) is 5.91 Å². The fourth-order valence-electron chi connectivity index (χ4n) is 5.76. The van der Waals surface area contributed by atoms with Crippen molar-refractivity contribution in [3.8, 4) is 11.4 Å². The second-order valence-corrected chi connectivity index (χ2v) is 9.87. The van der Waals surface area contributed by atoms with Crippen LogP contribution in [0.2, 0.25) is 0 Å². The molecule has 2 aliphatic rings. The van der Waals surface area contributed by atoms with E-state index in [1.165, 1.54) is 11.1 Å². The summed E-state index contributed by atoms with van der Waals surface area (Å²) in [6.07, 6.45) is 1.99. The third kappa shape index (κ3) is 2.61. The first-order valence-electron chi connectivity index (χ1n) is 12.2.